The van der Waals surface area contributed by atoms with Gasteiger partial charge in [0.2, 0.25) is 0 Å². The van der Waals surface area contributed by atoms with Gasteiger partial charge in [-0.2, -0.15) is 0 Å². The van der Waals surface area contributed by atoms with E-state index in [-0.39, 0.29) is 5.97 Å². The first-order valence-corrected chi connectivity index (χ1v) is 7.75. The quantitative estimate of drug-likeness (QED) is 0.813. The molecule has 0 spiro atoms. The number of fused-ring (bicyclic) bond motifs is 1. The van der Waals surface area contributed by atoms with Crippen LogP contribution in [0.2, 0.25) is 0 Å². The summed E-state index contributed by atoms with van der Waals surface area (Å²) in [4.78, 5) is 18.3. The summed E-state index contributed by atoms with van der Waals surface area (Å²) < 4.78 is 10.3. The fraction of sp³-hybridized carbons (Fsp3) is 0.333. The van der Waals surface area contributed by atoms with E-state index in [0.29, 0.717) is 12.2 Å². The number of anilines is 1. The maximum absolute atomic E-state index is 11.7. The van der Waals surface area contributed by atoms with Gasteiger partial charge >= 0.3 is 5.97 Å². The van der Waals surface area contributed by atoms with Crippen LogP contribution in [-0.4, -0.2) is 31.2 Å². The van der Waals surface area contributed by atoms with Crippen molar-refractivity contribution in [1.29, 1.82) is 0 Å². The number of hydrogen-bond acceptors (Lipinski definition) is 5. The summed E-state index contributed by atoms with van der Waals surface area (Å²) in [5.41, 5.74) is 3.09. The zero-order valence-corrected chi connectivity index (χ0v) is 13.4. The van der Waals surface area contributed by atoms with Gasteiger partial charge in [-0.15, -0.1) is 0 Å². The van der Waals surface area contributed by atoms with Gasteiger partial charge in [0.25, 0.3) is 0 Å². The van der Waals surface area contributed by atoms with Crippen molar-refractivity contribution < 1.29 is 14.3 Å². The number of carbonyl (C=O) groups excluding carboxylic acids is 1. The summed E-state index contributed by atoms with van der Waals surface area (Å²) in [6, 6.07) is 9.84. The van der Waals surface area contributed by atoms with Gasteiger partial charge in [0.15, 0.2) is 0 Å². The van der Waals surface area contributed by atoms with Gasteiger partial charge in [-0.05, 0) is 48.7 Å². The Labute approximate surface area is 135 Å². The largest absolute Gasteiger partial charge is 0.497 e. The third-order valence-corrected chi connectivity index (χ3v) is 4.01. The summed E-state index contributed by atoms with van der Waals surface area (Å²) in [5, 5.41) is 0. The predicted octanol–water partition coefficient (Wildman–Crippen LogP) is 2.83. The highest BCUT2D eigenvalue weighted by atomic mass is 16.5. The van der Waals surface area contributed by atoms with Gasteiger partial charge in [-0.1, -0.05) is 6.07 Å². The van der Waals surface area contributed by atoms with Crippen molar-refractivity contribution in [1.82, 2.24) is 4.98 Å². The molecular formula is C18H20N2O3. The molecular weight excluding hydrogens is 292 g/mol. The van der Waals surface area contributed by atoms with E-state index in [1.54, 1.807) is 26.3 Å². The standard InChI is InChI=1S/C18H20N2O3/c1-3-23-18(21)14-5-7-17(19-11-14)20-9-8-13-4-6-16(22-2)10-15(13)12-20/h4-7,10-11H,3,8-9,12H2,1-2H3. The number of hydrogen-bond donors (Lipinski definition) is 0. The van der Waals surface area contributed by atoms with Crippen LogP contribution in [0, 0.1) is 0 Å². The first kappa shape index (κ1) is 15.3. The molecule has 0 amide bonds. The van der Waals surface area contributed by atoms with Crippen LogP contribution < -0.4 is 9.64 Å². The van der Waals surface area contributed by atoms with Gasteiger partial charge in [0, 0.05) is 19.3 Å². The van der Waals surface area contributed by atoms with Gasteiger partial charge in [-0.3, -0.25) is 0 Å². The molecule has 1 aromatic heterocycles. The van der Waals surface area contributed by atoms with E-state index < -0.39 is 0 Å². The van der Waals surface area contributed by atoms with Crippen molar-refractivity contribution >= 4 is 11.8 Å². The fourth-order valence-corrected chi connectivity index (χ4v) is 2.76. The zero-order valence-electron chi connectivity index (χ0n) is 13.4. The van der Waals surface area contributed by atoms with Crippen molar-refractivity contribution in [2.45, 2.75) is 19.9 Å². The Bertz CT molecular complexity index is 698. The SMILES string of the molecule is CCOC(=O)c1ccc(N2CCc3ccc(OC)cc3C2)nc1. The molecule has 0 N–H and O–H groups in total. The lowest BCUT2D eigenvalue weighted by Crippen LogP contribution is -2.31. The normalized spacial score (nSPS) is 13.4. The maximum atomic E-state index is 11.7. The van der Waals surface area contributed by atoms with Gasteiger partial charge in [0.05, 0.1) is 19.3 Å². The zero-order chi connectivity index (χ0) is 16.2. The first-order chi connectivity index (χ1) is 11.2. The van der Waals surface area contributed by atoms with Crippen LogP contribution in [0.1, 0.15) is 28.4 Å². The Morgan fingerprint density at radius 1 is 1.26 bits per heavy atom. The molecule has 0 unspecified atom stereocenters. The van der Waals surface area contributed by atoms with Gasteiger partial charge < -0.3 is 14.4 Å². The number of carbonyl (C=O) groups is 1. The average molecular weight is 312 g/mol. The summed E-state index contributed by atoms with van der Waals surface area (Å²) in [6.45, 7) is 3.86. The summed E-state index contributed by atoms with van der Waals surface area (Å²) in [7, 11) is 1.68. The summed E-state index contributed by atoms with van der Waals surface area (Å²) in [6.07, 6.45) is 2.55. The Morgan fingerprint density at radius 3 is 2.83 bits per heavy atom. The number of pyridine rings is 1. The lowest BCUT2D eigenvalue weighted by molar-refractivity contribution is 0.0526. The second-order valence-corrected chi connectivity index (χ2v) is 5.43. The topological polar surface area (TPSA) is 51.7 Å². The van der Waals surface area contributed by atoms with E-state index in [2.05, 4.69) is 22.0 Å². The highest BCUT2D eigenvalue weighted by Gasteiger charge is 2.18. The van der Waals surface area contributed by atoms with Crippen LogP contribution in [0.3, 0.4) is 0 Å². The van der Waals surface area contributed by atoms with E-state index in [0.717, 1.165) is 31.1 Å². The third-order valence-electron chi connectivity index (χ3n) is 4.01. The third kappa shape index (κ3) is 3.28. The molecule has 2 heterocycles. The second kappa shape index (κ2) is 6.69. The number of ether oxygens (including phenoxy) is 2. The number of esters is 1. The molecule has 1 aliphatic rings. The Kier molecular flexibility index (Phi) is 4.46. The lowest BCUT2D eigenvalue weighted by atomic mass is 9.99. The highest BCUT2D eigenvalue weighted by Crippen LogP contribution is 2.26. The second-order valence-electron chi connectivity index (χ2n) is 5.43. The molecule has 0 aliphatic carbocycles. The van der Waals surface area contributed by atoms with Crippen LogP contribution in [0.4, 0.5) is 5.82 Å². The van der Waals surface area contributed by atoms with Crippen molar-refractivity contribution in [2.24, 2.45) is 0 Å². The smallest absolute Gasteiger partial charge is 0.339 e. The van der Waals surface area contributed by atoms with E-state index in [4.69, 9.17) is 9.47 Å². The minimum atomic E-state index is -0.333. The first-order valence-electron chi connectivity index (χ1n) is 7.75. The summed E-state index contributed by atoms with van der Waals surface area (Å²) >= 11 is 0. The summed E-state index contributed by atoms with van der Waals surface area (Å²) in [5.74, 6) is 1.41. The molecule has 0 saturated carbocycles. The van der Waals surface area contributed by atoms with E-state index in [9.17, 15) is 4.79 Å². The van der Waals surface area contributed by atoms with Crippen molar-refractivity contribution in [3.05, 3.63) is 53.2 Å². The monoisotopic (exact) mass is 312 g/mol. The molecule has 0 bridgehead atoms. The lowest BCUT2D eigenvalue weighted by Gasteiger charge is -2.30. The minimum absolute atomic E-state index is 0.333. The predicted molar refractivity (Wildman–Crippen MR) is 87.9 cm³/mol. The number of aromatic nitrogens is 1. The Morgan fingerprint density at radius 2 is 2.13 bits per heavy atom. The van der Waals surface area contributed by atoms with Crippen molar-refractivity contribution in [2.75, 3.05) is 25.2 Å². The van der Waals surface area contributed by atoms with E-state index >= 15 is 0 Å². The molecule has 0 atom stereocenters. The number of rotatable bonds is 4. The molecule has 0 fully saturated rings. The number of methoxy groups -OCH3 is 1. The molecule has 23 heavy (non-hydrogen) atoms. The van der Waals surface area contributed by atoms with Crippen LogP contribution >= 0.6 is 0 Å². The Balaban J connectivity index is 1.76. The molecule has 2 aromatic rings. The van der Waals surface area contributed by atoms with Crippen LogP contribution in [-0.2, 0) is 17.7 Å². The van der Waals surface area contributed by atoms with Crippen LogP contribution in [0.25, 0.3) is 0 Å². The molecule has 5 heteroatoms. The van der Waals surface area contributed by atoms with Crippen LogP contribution in [0.15, 0.2) is 36.5 Å². The molecule has 1 aromatic carbocycles. The minimum Gasteiger partial charge on any atom is -0.497 e. The van der Waals surface area contributed by atoms with E-state index in [1.165, 1.54) is 11.1 Å². The molecule has 5 nitrogen and oxygen atoms in total. The molecule has 0 saturated heterocycles. The van der Waals surface area contributed by atoms with Crippen molar-refractivity contribution in [3.8, 4) is 5.75 Å². The number of nitrogens with zero attached hydrogens (tertiary/aromatic N) is 2. The van der Waals surface area contributed by atoms with E-state index in [1.807, 2.05) is 12.1 Å². The maximum Gasteiger partial charge on any atom is 0.339 e. The average Bonchev–Trinajstić information content (AvgIpc) is 2.61. The molecule has 3 rings (SSSR count). The van der Waals surface area contributed by atoms with Gasteiger partial charge in [0.1, 0.15) is 11.6 Å². The van der Waals surface area contributed by atoms with Gasteiger partial charge in [-0.25, -0.2) is 9.78 Å². The van der Waals surface area contributed by atoms with Crippen LogP contribution in [0.5, 0.6) is 5.75 Å². The Hall–Kier alpha value is -2.56. The highest BCUT2D eigenvalue weighted by molar-refractivity contribution is 5.89. The molecule has 120 valence electrons. The number of benzene rings is 1. The molecule has 0 radical (unpaired) electrons. The fourth-order valence-electron chi connectivity index (χ4n) is 2.76. The molecule has 1 aliphatic heterocycles. The van der Waals surface area contributed by atoms with Crippen molar-refractivity contribution in [3.63, 3.8) is 0 Å².